The number of sulfone groups is 1. The Labute approximate surface area is 108 Å². The Hall–Kier alpha value is -0.510. The second kappa shape index (κ2) is 5.71. The van der Waals surface area contributed by atoms with Crippen LogP contribution in [0.25, 0.3) is 0 Å². The molecule has 0 spiro atoms. The molecule has 0 saturated heterocycles. The van der Waals surface area contributed by atoms with Crippen molar-refractivity contribution in [1.29, 1.82) is 5.26 Å². The van der Waals surface area contributed by atoms with E-state index in [4.69, 9.17) is 5.26 Å². The summed E-state index contributed by atoms with van der Waals surface area (Å²) < 4.78 is 22.7. The molecule has 16 heavy (non-hydrogen) atoms. The van der Waals surface area contributed by atoms with E-state index in [1.165, 1.54) is 18.0 Å². The van der Waals surface area contributed by atoms with Crippen molar-refractivity contribution in [3.8, 4) is 6.07 Å². The van der Waals surface area contributed by atoms with Gasteiger partial charge in [-0.2, -0.15) is 5.26 Å². The van der Waals surface area contributed by atoms with Gasteiger partial charge in [-0.05, 0) is 18.2 Å². The summed E-state index contributed by atoms with van der Waals surface area (Å²) in [7, 11) is -2.92. The fourth-order valence-corrected chi connectivity index (χ4v) is 3.87. The number of benzene rings is 1. The average Bonchev–Trinajstić information content (AvgIpc) is 2.14. The highest BCUT2D eigenvalue weighted by Gasteiger charge is 2.04. The van der Waals surface area contributed by atoms with E-state index in [2.05, 4.69) is 22.0 Å². The third kappa shape index (κ3) is 5.01. The molecule has 0 fully saturated rings. The normalized spacial score (nSPS) is 11.1. The molecule has 0 saturated carbocycles. The van der Waals surface area contributed by atoms with Crippen molar-refractivity contribution in [3.63, 3.8) is 0 Å². The first-order chi connectivity index (χ1) is 7.40. The average molecular weight is 320 g/mol. The minimum Gasteiger partial charge on any atom is -0.229 e. The van der Waals surface area contributed by atoms with Crippen LogP contribution in [0.5, 0.6) is 0 Å². The third-order valence-corrected chi connectivity index (χ3v) is 4.36. The van der Waals surface area contributed by atoms with Gasteiger partial charge in [0.1, 0.15) is 9.84 Å². The van der Waals surface area contributed by atoms with Gasteiger partial charge in [-0.15, -0.1) is 11.8 Å². The number of hydrogen-bond donors (Lipinski definition) is 0. The topological polar surface area (TPSA) is 57.9 Å². The van der Waals surface area contributed by atoms with Crippen molar-refractivity contribution in [2.24, 2.45) is 0 Å². The van der Waals surface area contributed by atoms with Crippen LogP contribution in [0, 0.1) is 11.3 Å². The Morgan fingerprint density at radius 1 is 1.44 bits per heavy atom. The number of thioether (sulfide) groups is 1. The monoisotopic (exact) mass is 319 g/mol. The van der Waals surface area contributed by atoms with Gasteiger partial charge in [0.2, 0.25) is 0 Å². The molecule has 0 atom stereocenters. The SMILES string of the molecule is CS(=O)(=O)CCSc1cc(Br)cc(C#N)c1. The lowest BCUT2D eigenvalue weighted by atomic mass is 10.2. The standard InChI is InChI=1S/C10H10BrNO2S2/c1-16(13,14)3-2-15-10-5-8(7-12)4-9(11)6-10/h4-6H,2-3H2,1H3. The summed E-state index contributed by atoms with van der Waals surface area (Å²) >= 11 is 4.73. The zero-order valence-electron chi connectivity index (χ0n) is 8.60. The summed E-state index contributed by atoms with van der Waals surface area (Å²) in [5.41, 5.74) is 0.566. The molecule has 6 heteroatoms. The van der Waals surface area contributed by atoms with Gasteiger partial charge in [-0.3, -0.25) is 0 Å². The van der Waals surface area contributed by atoms with Crippen molar-refractivity contribution in [2.75, 3.05) is 17.8 Å². The largest absolute Gasteiger partial charge is 0.229 e. The fourth-order valence-electron chi connectivity index (χ4n) is 1.02. The molecule has 1 aromatic carbocycles. The van der Waals surface area contributed by atoms with Gasteiger partial charge in [0, 0.05) is 21.4 Å². The molecular weight excluding hydrogens is 310 g/mol. The van der Waals surface area contributed by atoms with Crippen LogP contribution in [0.4, 0.5) is 0 Å². The Morgan fingerprint density at radius 2 is 2.12 bits per heavy atom. The maximum Gasteiger partial charge on any atom is 0.148 e. The number of hydrogen-bond acceptors (Lipinski definition) is 4. The second-order valence-electron chi connectivity index (χ2n) is 3.27. The maximum absolute atomic E-state index is 10.9. The highest BCUT2D eigenvalue weighted by atomic mass is 79.9. The first-order valence-corrected chi connectivity index (χ1v) is 8.26. The van der Waals surface area contributed by atoms with Crippen LogP contribution < -0.4 is 0 Å². The van der Waals surface area contributed by atoms with Crippen molar-refractivity contribution >= 4 is 37.5 Å². The van der Waals surface area contributed by atoms with Gasteiger partial charge >= 0.3 is 0 Å². The van der Waals surface area contributed by atoms with Crippen molar-refractivity contribution in [2.45, 2.75) is 4.90 Å². The smallest absolute Gasteiger partial charge is 0.148 e. The predicted molar refractivity (Wildman–Crippen MR) is 69.3 cm³/mol. The Morgan fingerprint density at radius 3 is 2.69 bits per heavy atom. The lowest BCUT2D eigenvalue weighted by Gasteiger charge is -2.02. The summed E-state index contributed by atoms with van der Waals surface area (Å²) in [5, 5.41) is 8.77. The van der Waals surface area contributed by atoms with Crippen molar-refractivity contribution in [3.05, 3.63) is 28.2 Å². The molecule has 0 bridgehead atoms. The summed E-state index contributed by atoms with van der Waals surface area (Å²) in [6.07, 6.45) is 1.22. The molecule has 0 aliphatic carbocycles. The van der Waals surface area contributed by atoms with E-state index in [0.29, 0.717) is 11.3 Å². The molecular formula is C10H10BrNO2S2. The molecule has 3 nitrogen and oxygen atoms in total. The number of halogens is 1. The van der Waals surface area contributed by atoms with Crippen LogP contribution in [0.2, 0.25) is 0 Å². The Bertz CT molecular complexity index is 520. The number of nitrogens with zero attached hydrogens (tertiary/aromatic N) is 1. The number of nitriles is 1. The minimum atomic E-state index is -2.92. The third-order valence-electron chi connectivity index (χ3n) is 1.72. The maximum atomic E-state index is 10.9. The van der Waals surface area contributed by atoms with E-state index < -0.39 is 9.84 Å². The van der Waals surface area contributed by atoms with Crippen LogP contribution in [0.15, 0.2) is 27.6 Å². The summed E-state index contributed by atoms with van der Waals surface area (Å²) in [6.45, 7) is 0. The second-order valence-corrected chi connectivity index (χ2v) is 7.61. The van der Waals surface area contributed by atoms with Crippen molar-refractivity contribution in [1.82, 2.24) is 0 Å². The molecule has 86 valence electrons. The predicted octanol–water partition coefficient (Wildman–Crippen LogP) is 2.46. The van der Waals surface area contributed by atoms with Gasteiger partial charge in [0.05, 0.1) is 17.4 Å². The molecule has 0 radical (unpaired) electrons. The van der Waals surface area contributed by atoms with E-state index in [-0.39, 0.29) is 5.75 Å². The van der Waals surface area contributed by atoms with Crippen LogP contribution in [-0.4, -0.2) is 26.2 Å². The molecule has 0 N–H and O–H groups in total. The molecule has 0 heterocycles. The van der Waals surface area contributed by atoms with E-state index in [1.807, 2.05) is 6.07 Å². The molecule has 0 aliphatic rings. The van der Waals surface area contributed by atoms with Crippen LogP contribution in [-0.2, 0) is 9.84 Å². The van der Waals surface area contributed by atoms with E-state index in [9.17, 15) is 8.42 Å². The molecule has 0 aromatic heterocycles. The van der Waals surface area contributed by atoms with Crippen LogP contribution >= 0.6 is 27.7 Å². The van der Waals surface area contributed by atoms with Gasteiger partial charge in [0.25, 0.3) is 0 Å². The van der Waals surface area contributed by atoms with Gasteiger partial charge in [-0.1, -0.05) is 15.9 Å². The fraction of sp³-hybridized carbons (Fsp3) is 0.300. The number of rotatable bonds is 4. The molecule has 0 aliphatic heterocycles. The summed E-state index contributed by atoms with van der Waals surface area (Å²) in [4.78, 5) is 0.898. The quantitative estimate of drug-likeness (QED) is 0.800. The Kier molecular flexibility index (Phi) is 4.84. The highest BCUT2D eigenvalue weighted by molar-refractivity contribution is 9.10. The molecule has 1 rings (SSSR count). The van der Waals surface area contributed by atoms with E-state index in [1.54, 1.807) is 12.1 Å². The van der Waals surface area contributed by atoms with Gasteiger partial charge in [0.15, 0.2) is 0 Å². The molecule has 0 unspecified atom stereocenters. The first kappa shape index (κ1) is 13.6. The van der Waals surface area contributed by atoms with Gasteiger partial charge < -0.3 is 0 Å². The van der Waals surface area contributed by atoms with Crippen LogP contribution in [0.1, 0.15) is 5.56 Å². The molecule has 0 amide bonds. The first-order valence-electron chi connectivity index (χ1n) is 4.42. The zero-order chi connectivity index (χ0) is 12.2. The van der Waals surface area contributed by atoms with E-state index in [0.717, 1.165) is 9.37 Å². The summed E-state index contributed by atoms with van der Waals surface area (Å²) in [6, 6.07) is 7.39. The van der Waals surface area contributed by atoms with Gasteiger partial charge in [-0.25, -0.2) is 8.42 Å². The highest BCUT2D eigenvalue weighted by Crippen LogP contribution is 2.24. The lowest BCUT2D eigenvalue weighted by Crippen LogP contribution is -2.04. The lowest BCUT2D eigenvalue weighted by molar-refractivity contribution is 0.603. The van der Waals surface area contributed by atoms with E-state index >= 15 is 0 Å². The minimum absolute atomic E-state index is 0.145. The Balaban J connectivity index is 2.68. The molecule has 1 aromatic rings. The van der Waals surface area contributed by atoms with Crippen LogP contribution in [0.3, 0.4) is 0 Å². The zero-order valence-corrected chi connectivity index (χ0v) is 11.8. The summed E-state index contributed by atoms with van der Waals surface area (Å²) in [5.74, 6) is 0.645. The van der Waals surface area contributed by atoms with Crippen molar-refractivity contribution < 1.29 is 8.42 Å².